The highest BCUT2D eigenvalue weighted by Gasteiger charge is 2.35. The summed E-state index contributed by atoms with van der Waals surface area (Å²) in [5.41, 5.74) is 3.66. The highest BCUT2D eigenvalue weighted by atomic mass is 16.4. The van der Waals surface area contributed by atoms with E-state index in [4.69, 9.17) is 0 Å². The summed E-state index contributed by atoms with van der Waals surface area (Å²) in [6, 6.07) is 23.0. The average Bonchev–Trinajstić information content (AvgIpc) is 2.75. The fraction of sp³-hybridized carbons (Fsp3) is 0.346. The minimum Gasteiger partial charge on any atom is -0.480 e. The molecule has 0 amide bonds. The summed E-state index contributed by atoms with van der Waals surface area (Å²) in [6.45, 7) is 5.20. The Labute approximate surface area is 173 Å². The number of fused-ring (bicyclic) bond motifs is 1. The molecule has 1 fully saturated rings. The molecule has 0 radical (unpaired) electrons. The monoisotopic (exact) mass is 387 g/mol. The van der Waals surface area contributed by atoms with E-state index in [0.29, 0.717) is 12.3 Å². The lowest BCUT2D eigenvalue weighted by Gasteiger charge is -2.40. The van der Waals surface area contributed by atoms with E-state index in [2.05, 4.69) is 85.5 Å². The average molecular weight is 388 g/mol. The van der Waals surface area contributed by atoms with Crippen molar-refractivity contribution in [1.82, 2.24) is 4.90 Å². The third-order valence-corrected chi connectivity index (χ3v) is 6.20. The SMILES string of the molecule is CC(C)c1ccc(C(c2cccc3ccccc23)N2CCCCC2C(=O)O)cc1. The highest BCUT2D eigenvalue weighted by Crippen LogP contribution is 2.38. The second kappa shape index (κ2) is 8.38. The molecule has 150 valence electrons. The number of rotatable bonds is 5. The zero-order valence-corrected chi connectivity index (χ0v) is 17.2. The molecule has 0 saturated carbocycles. The molecule has 3 aromatic carbocycles. The summed E-state index contributed by atoms with van der Waals surface area (Å²) in [4.78, 5) is 14.3. The van der Waals surface area contributed by atoms with Gasteiger partial charge in [0.1, 0.15) is 6.04 Å². The van der Waals surface area contributed by atoms with Crippen LogP contribution in [-0.2, 0) is 4.79 Å². The van der Waals surface area contributed by atoms with Gasteiger partial charge in [0.15, 0.2) is 0 Å². The molecule has 1 aliphatic heterocycles. The van der Waals surface area contributed by atoms with Gasteiger partial charge in [-0.25, -0.2) is 0 Å². The number of aliphatic carboxylic acids is 1. The summed E-state index contributed by atoms with van der Waals surface area (Å²) in [7, 11) is 0. The van der Waals surface area contributed by atoms with Crippen LogP contribution in [-0.4, -0.2) is 28.6 Å². The van der Waals surface area contributed by atoms with Crippen LogP contribution >= 0.6 is 0 Å². The summed E-state index contributed by atoms with van der Waals surface area (Å²) >= 11 is 0. The number of piperidine rings is 1. The van der Waals surface area contributed by atoms with Crippen LogP contribution in [0.25, 0.3) is 10.8 Å². The number of hydrogen-bond acceptors (Lipinski definition) is 2. The molecule has 2 unspecified atom stereocenters. The second-order valence-corrected chi connectivity index (χ2v) is 8.38. The van der Waals surface area contributed by atoms with Gasteiger partial charge in [0.25, 0.3) is 0 Å². The quantitative estimate of drug-likeness (QED) is 0.584. The van der Waals surface area contributed by atoms with Gasteiger partial charge in [0.2, 0.25) is 0 Å². The Kier molecular flexibility index (Phi) is 5.68. The molecule has 0 bridgehead atoms. The largest absolute Gasteiger partial charge is 0.480 e. The van der Waals surface area contributed by atoms with Crippen molar-refractivity contribution in [3.05, 3.63) is 83.4 Å². The van der Waals surface area contributed by atoms with Crippen molar-refractivity contribution in [3.8, 4) is 0 Å². The van der Waals surface area contributed by atoms with E-state index in [1.807, 2.05) is 0 Å². The molecule has 1 aliphatic rings. The predicted octanol–water partition coefficient (Wildman–Crippen LogP) is 5.99. The first-order chi connectivity index (χ1) is 14.1. The van der Waals surface area contributed by atoms with Crippen molar-refractivity contribution in [3.63, 3.8) is 0 Å². The van der Waals surface area contributed by atoms with Crippen LogP contribution < -0.4 is 0 Å². The normalized spacial score (nSPS) is 18.8. The Hall–Kier alpha value is -2.65. The van der Waals surface area contributed by atoms with Gasteiger partial charge in [-0.05, 0) is 52.8 Å². The molecule has 0 aliphatic carbocycles. The van der Waals surface area contributed by atoms with Crippen molar-refractivity contribution in [2.45, 2.75) is 51.1 Å². The van der Waals surface area contributed by atoms with Crippen molar-refractivity contribution >= 4 is 16.7 Å². The van der Waals surface area contributed by atoms with E-state index in [-0.39, 0.29) is 6.04 Å². The molecule has 2 atom stereocenters. The predicted molar refractivity (Wildman–Crippen MR) is 118 cm³/mol. The first-order valence-corrected chi connectivity index (χ1v) is 10.6. The lowest BCUT2D eigenvalue weighted by atomic mass is 9.88. The molecule has 3 heteroatoms. The first-order valence-electron chi connectivity index (χ1n) is 10.6. The Bertz CT molecular complexity index is 988. The number of hydrogen-bond donors (Lipinski definition) is 1. The van der Waals surface area contributed by atoms with E-state index in [1.54, 1.807) is 0 Å². The van der Waals surface area contributed by atoms with Crippen LogP contribution in [0.4, 0.5) is 0 Å². The minimum atomic E-state index is -0.714. The van der Waals surface area contributed by atoms with Crippen LogP contribution in [0.2, 0.25) is 0 Å². The number of carboxylic acid groups (broad SMARTS) is 1. The van der Waals surface area contributed by atoms with Crippen LogP contribution in [0.3, 0.4) is 0 Å². The third kappa shape index (κ3) is 3.92. The van der Waals surface area contributed by atoms with Gasteiger partial charge in [0, 0.05) is 0 Å². The number of carbonyl (C=O) groups is 1. The lowest BCUT2D eigenvalue weighted by Crippen LogP contribution is -2.46. The van der Waals surface area contributed by atoms with E-state index < -0.39 is 12.0 Å². The van der Waals surface area contributed by atoms with Crippen LogP contribution in [0, 0.1) is 0 Å². The summed E-state index contributed by atoms with van der Waals surface area (Å²) < 4.78 is 0. The second-order valence-electron chi connectivity index (χ2n) is 8.38. The molecule has 1 heterocycles. The third-order valence-electron chi connectivity index (χ3n) is 6.20. The Morgan fingerprint density at radius 2 is 1.62 bits per heavy atom. The van der Waals surface area contributed by atoms with Gasteiger partial charge < -0.3 is 5.11 Å². The molecule has 3 aromatic rings. The smallest absolute Gasteiger partial charge is 0.320 e. The molecule has 1 saturated heterocycles. The number of nitrogens with zero attached hydrogens (tertiary/aromatic N) is 1. The minimum absolute atomic E-state index is 0.0660. The van der Waals surface area contributed by atoms with Gasteiger partial charge in [0.05, 0.1) is 6.04 Å². The summed E-state index contributed by atoms with van der Waals surface area (Å²) in [6.07, 6.45) is 2.72. The van der Waals surface area contributed by atoms with Crippen molar-refractivity contribution in [1.29, 1.82) is 0 Å². The van der Waals surface area contributed by atoms with Crippen LogP contribution in [0.5, 0.6) is 0 Å². The Balaban J connectivity index is 1.87. The summed E-state index contributed by atoms with van der Waals surface area (Å²) in [5.74, 6) is -0.240. The zero-order chi connectivity index (χ0) is 20.4. The fourth-order valence-electron chi connectivity index (χ4n) is 4.63. The molecule has 3 nitrogen and oxygen atoms in total. The maximum absolute atomic E-state index is 12.1. The van der Waals surface area contributed by atoms with Crippen LogP contribution in [0.15, 0.2) is 66.7 Å². The van der Waals surface area contributed by atoms with Gasteiger partial charge in [-0.1, -0.05) is 87.0 Å². The van der Waals surface area contributed by atoms with Crippen molar-refractivity contribution in [2.75, 3.05) is 6.54 Å². The molecule has 0 spiro atoms. The van der Waals surface area contributed by atoms with E-state index >= 15 is 0 Å². The molecular formula is C26H29NO2. The van der Waals surface area contributed by atoms with Crippen LogP contribution in [0.1, 0.15) is 61.8 Å². The van der Waals surface area contributed by atoms with Crippen molar-refractivity contribution in [2.24, 2.45) is 0 Å². The maximum atomic E-state index is 12.1. The zero-order valence-electron chi connectivity index (χ0n) is 17.2. The van der Waals surface area contributed by atoms with E-state index in [0.717, 1.165) is 19.4 Å². The van der Waals surface area contributed by atoms with Gasteiger partial charge in [-0.15, -0.1) is 0 Å². The topological polar surface area (TPSA) is 40.5 Å². The van der Waals surface area contributed by atoms with Gasteiger partial charge >= 0.3 is 5.97 Å². The standard InChI is InChI=1S/C26H29NO2/c1-18(2)19-13-15-21(16-14-19)25(27-17-6-5-12-24(27)26(28)29)23-11-7-9-20-8-3-4-10-22(20)23/h3-4,7-11,13-16,18,24-25H,5-6,12,17H2,1-2H3,(H,28,29). The first kappa shape index (κ1) is 19.7. The lowest BCUT2D eigenvalue weighted by molar-refractivity contribution is -0.145. The van der Waals surface area contributed by atoms with Gasteiger partial charge in [-0.3, -0.25) is 9.69 Å². The number of likely N-dealkylation sites (tertiary alicyclic amines) is 1. The number of benzene rings is 3. The van der Waals surface area contributed by atoms with Crippen molar-refractivity contribution < 1.29 is 9.90 Å². The molecule has 0 aromatic heterocycles. The van der Waals surface area contributed by atoms with Gasteiger partial charge in [-0.2, -0.15) is 0 Å². The Morgan fingerprint density at radius 3 is 2.34 bits per heavy atom. The fourth-order valence-corrected chi connectivity index (χ4v) is 4.63. The highest BCUT2D eigenvalue weighted by molar-refractivity contribution is 5.86. The van der Waals surface area contributed by atoms with E-state index in [1.165, 1.54) is 27.5 Å². The summed E-state index contributed by atoms with van der Waals surface area (Å²) in [5, 5.41) is 12.3. The molecular weight excluding hydrogens is 358 g/mol. The maximum Gasteiger partial charge on any atom is 0.320 e. The molecule has 1 N–H and O–H groups in total. The Morgan fingerprint density at radius 1 is 0.931 bits per heavy atom. The molecule has 4 rings (SSSR count). The molecule has 29 heavy (non-hydrogen) atoms. The number of carboxylic acids is 1. The van der Waals surface area contributed by atoms with E-state index in [9.17, 15) is 9.90 Å².